The van der Waals surface area contributed by atoms with Gasteiger partial charge < -0.3 is 15.5 Å². The van der Waals surface area contributed by atoms with Crippen molar-refractivity contribution in [2.24, 2.45) is 0 Å². The molecule has 0 spiro atoms. The molecule has 1 amide bonds. The van der Waals surface area contributed by atoms with Gasteiger partial charge in [-0.25, -0.2) is 0 Å². The van der Waals surface area contributed by atoms with E-state index in [4.69, 9.17) is 0 Å². The number of carbonyl (C=O) groups excluding carboxylic acids is 1. The van der Waals surface area contributed by atoms with Crippen molar-refractivity contribution in [1.82, 2.24) is 4.90 Å². The topological polar surface area (TPSA) is 44.4 Å². The Morgan fingerprint density at radius 3 is 2.63 bits per heavy atom. The van der Waals surface area contributed by atoms with E-state index in [1.165, 1.54) is 37.9 Å². The van der Waals surface area contributed by atoms with Gasteiger partial charge in [0.15, 0.2) is 0 Å². The van der Waals surface area contributed by atoms with Crippen LogP contribution in [0, 0.1) is 6.92 Å². The van der Waals surface area contributed by atoms with Gasteiger partial charge in [0.2, 0.25) is 0 Å². The number of rotatable bonds is 5. The van der Waals surface area contributed by atoms with Crippen LogP contribution in [0.15, 0.2) is 48.7 Å². The molecule has 0 atom stereocenters. The summed E-state index contributed by atoms with van der Waals surface area (Å²) in [5.74, 6) is -0.0510. The van der Waals surface area contributed by atoms with Gasteiger partial charge in [0, 0.05) is 29.7 Å². The van der Waals surface area contributed by atoms with Crippen molar-refractivity contribution < 1.29 is 4.79 Å². The number of hydrogen-bond acceptors (Lipinski definition) is 3. The first-order chi connectivity index (χ1) is 13.2. The third kappa shape index (κ3) is 4.06. The summed E-state index contributed by atoms with van der Waals surface area (Å²) in [5, 5.41) is 6.21. The van der Waals surface area contributed by atoms with E-state index in [9.17, 15) is 4.79 Å². The summed E-state index contributed by atoms with van der Waals surface area (Å²) >= 11 is 0. The smallest absolute Gasteiger partial charge is 0.257 e. The quantitative estimate of drug-likeness (QED) is 0.775. The van der Waals surface area contributed by atoms with E-state index in [0.717, 1.165) is 35.5 Å². The van der Waals surface area contributed by atoms with E-state index in [2.05, 4.69) is 39.8 Å². The van der Waals surface area contributed by atoms with Gasteiger partial charge in [-0.2, -0.15) is 0 Å². The number of aryl methyl sites for hydroxylation is 1. The van der Waals surface area contributed by atoms with Crippen molar-refractivity contribution in [1.29, 1.82) is 0 Å². The lowest BCUT2D eigenvalue weighted by Gasteiger charge is -2.26. The summed E-state index contributed by atoms with van der Waals surface area (Å²) < 4.78 is 0. The molecule has 0 aliphatic carbocycles. The van der Waals surface area contributed by atoms with Gasteiger partial charge in [0.05, 0.1) is 5.57 Å². The molecule has 1 saturated heterocycles. The Labute approximate surface area is 161 Å². The predicted octanol–water partition coefficient (Wildman–Crippen LogP) is 4.43. The lowest BCUT2D eigenvalue weighted by molar-refractivity contribution is -0.110. The minimum atomic E-state index is -0.0510. The molecule has 2 aromatic rings. The van der Waals surface area contributed by atoms with Crippen LogP contribution in [0.3, 0.4) is 0 Å². The molecule has 4 nitrogen and oxygen atoms in total. The molecule has 27 heavy (non-hydrogen) atoms. The fourth-order valence-electron chi connectivity index (χ4n) is 3.96. The first-order valence-corrected chi connectivity index (χ1v) is 9.90. The van der Waals surface area contributed by atoms with E-state index in [-0.39, 0.29) is 5.91 Å². The van der Waals surface area contributed by atoms with Crippen molar-refractivity contribution in [3.8, 4) is 0 Å². The molecule has 2 N–H and O–H groups in total. The highest BCUT2D eigenvalue weighted by molar-refractivity contribution is 6.32. The number of likely N-dealkylation sites (tertiary alicyclic amines) is 1. The number of anilines is 2. The number of piperidine rings is 1. The maximum atomic E-state index is 12.3. The maximum Gasteiger partial charge on any atom is 0.257 e. The molecule has 2 aliphatic heterocycles. The molecule has 0 saturated carbocycles. The third-order valence-corrected chi connectivity index (χ3v) is 5.54. The zero-order valence-electron chi connectivity index (χ0n) is 15.9. The van der Waals surface area contributed by atoms with Gasteiger partial charge in [-0.05, 0) is 68.6 Å². The second-order valence-electron chi connectivity index (χ2n) is 7.50. The Bertz CT molecular complexity index is 848. The number of hydrogen-bond donors (Lipinski definition) is 2. The number of nitrogens with one attached hydrogen (secondary N) is 2. The molecular formula is C23H27N3O. The summed E-state index contributed by atoms with van der Waals surface area (Å²) in [6.45, 7) is 5.67. The lowest BCUT2D eigenvalue weighted by Crippen LogP contribution is -2.31. The Morgan fingerprint density at radius 2 is 1.85 bits per heavy atom. The molecule has 2 aromatic carbocycles. The fraction of sp³-hybridized carbons (Fsp3) is 0.348. The van der Waals surface area contributed by atoms with Crippen molar-refractivity contribution in [2.45, 2.75) is 32.6 Å². The number of fused-ring (bicyclic) bond motifs is 1. The van der Waals surface area contributed by atoms with Gasteiger partial charge in [0.1, 0.15) is 0 Å². The molecule has 0 unspecified atom stereocenters. The molecule has 4 rings (SSSR count). The Hall–Kier alpha value is -2.59. The SMILES string of the molecule is Cc1cccc2c1C(=CNc1ccc(CCN3CCCCC3)cc1)C(=O)N2. The van der Waals surface area contributed by atoms with E-state index in [1.807, 2.05) is 31.3 Å². The summed E-state index contributed by atoms with van der Waals surface area (Å²) in [6, 6.07) is 14.5. The molecule has 140 valence electrons. The molecule has 0 radical (unpaired) electrons. The Balaban J connectivity index is 1.39. The van der Waals surface area contributed by atoms with Gasteiger partial charge in [0.25, 0.3) is 5.91 Å². The van der Waals surface area contributed by atoms with Gasteiger partial charge in [-0.15, -0.1) is 0 Å². The van der Waals surface area contributed by atoms with E-state index in [0.29, 0.717) is 5.57 Å². The largest absolute Gasteiger partial charge is 0.361 e. The van der Waals surface area contributed by atoms with E-state index in [1.54, 1.807) is 0 Å². The maximum absolute atomic E-state index is 12.3. The first kappa shape index (κ1) is 17.8. The van der Waals surface area contributed by atoms with E-state index >= 15 is 0 Å². The third-order valence-electron chi connectivity index (χ3n) is 5.54. The zero-order valence-corrected chi connectivity index (χ0v) is 15.9. The van der Waals surface area contributed by atoms with Gasteiger partial charge in [-0.3, -0.25) is 4.79 Å². The number of carbonyl (C=O) groups is 1. The number of nitrogens with zero attached hydrogens (tertiary/aromatic N) is 1. The van der Waals surface area contributed by atoms with Crippen LogP contribution in [-0.4, -0.2) is 30.4 Å². The van der Waals surface area contributed by atoms with E-state index < -0.39 is 0 Å². The molecule has 4 heteroatoms. The fourth-order valence-corrected chi connectivity index (χ4v) is 3.96. The normalized spacial score (nSPS) is 18.4. The minimum Gasteiger partial charge on any atom is -0.361 e. The van der Waals surface area contributed by atoms with Gasteiger partial charge in [-0.1, -0.05) is 30.7 Å². The summed E-state index contributed by atoms with van der Waals surface area (Å²) in [5.41, 5.74) is 6.04. The van der Waals surface area contributed by atoms with Crippen LogP contribution in [0.4, 0.5) is 11.4 Å². The molecule has 0 bridgehead atoms. The second-order valence-corrected chi connectivity index (χ2v) is 7.50. The van der Waals surface area contributed by atoms with Crippen molar-refractivity contribution in [3.63, 3.8) is 0 Å². The van der Waals surface area contributed by atoms with Crippen LogP contribution in [-0.2, 0) is 11.2 Å². The highest BCUT2D eigenvalue weighted by Gasteiger charge is 2.25. The summed E-state index contributed by atoms with van der Waals surface area (Å²) in [6.07, 6.45) is 6.98. The Morgan fingerprint density at radius 1 is 1.07 bits per heavy atom. The standard InChI is InChI=1S/C23H27N3O/c1-17-6-5-7-21-22(17)20(23(27)25-21)16-24-19-10-8-18(9-11-19)12-15-26-13-3-2-4-14-26/h5-11,16,24H,2-4,12-15H2,1H3,(H,25,27). The minimum absolute atomic E-state index is 0.0510. The average Bonchev–Trinajstić information content (AvgIpc) is 3.03. The first-order valence-electron chi connectivity index (χ1n) is 9.90. The molecule has 1 fully saturated rings. The Kier molecular flexibility index (Phi) is 5.26. The molecule has 2 aliphatic rings. The van der Waals surface area contributed by atoms with Crippen LogP contribution in [0.25, 0.3) is 5.57 Å². The predicted molar refractivity (Wildman–Crippen MR) is 112 cm³/mol. The van der Waals surface area contributed by atoms with Gasteiger partial charge >= 0.3 is 0 Å². The number of benzene rings is 2. The van der Waals surface area contributed by atoms with Crippen LogP contribution in [0.2, 0.25) is 0 Å². The molecule has 0 aromatic heterocycles. The average molecular weight is 361 g/mol. The second kappa shape index (κ2) is 7.97. The molecular weight excluding hydrogens is 334 g/mol. The van der Waals surface area contributed by atoms with Crippen LogP contribution in [0.5, 0.6) is 0 Å². The lowest BCUT2D eigenvalue weighted by atomic mass is 10.0. The van der Waals surface area contributed by atoms with Crippen LogP contribution in [0.1, 0.15) is 36.0 Å². The highest BCUT2D eigenvalue weighted by atomic mass is 16.2. The van der Waals surface area contributed by atoms with Crippen LogP contribution >= 0.6 is 0 Å². The number of amides is 1. The van der Waals surface area contributed by atoms with Crippen molar-refractivity contribution >= 4 is 22.9 Å². The monoisotopic (exact) mass is 361 g/mol. The summed E-state index contributed by atoms with van der Waals surface area (Å²) in [4.78, 5) is 14.8. The molecule has 2 heterocycles. The van der Waals surface area contributed by atoms with Crippen molar-refractivity contribution in [3.05, 3.63) is 65.4 Å². The van der Waals surface area contributed by atoms with Crippen molar-refractivity contribution in [2.75, 3.05) is 30.3 Å². The van der Waals surface area contributed by atoms with Crippen LogP contribution < -0.4 is 10.6 Å². The zero-order chi connectivity index (χ0) is 18.6. The highest BCUT2D eigenvalue weighted by Crippen LogP contribution is 2.34. The summed E-state index contributed by atoms with van der Waals surface area (Å²) in [7, 11) is 0.